The smallest absolute Gasteiger partial charge is 0.164 e. The molecule has 0 aromatic heterocycles. The Balaban J connectivity index is 2.34. The molecule has 0 aliphatic carbocycles. The van der Waals surface area contributed by atoms with E-state index in [0.29, 0.717) is 27.2 Å². The van der Waals surface area contributed by atoms with Gasteiger partial charge in [-0.2, -0.15) is 0 Å². The summed E-state index contributed by atoms with van der Waals surface area (Å²) in [5, 5.41) is 0.799. The molecule has 2 rings (SSSR count). The normalized spacial score (nSPS) is 10.5. The second-order valence-electron chi connectivity index (χ2n) is 4.05. The quantitative estimate of drug-likeness (QED) is 0.608. The van der Waals surface area contributed by atoms with E-state index in [1.807, 2.05) is 31.4 Å². The number of anilines is 1. The van der Waals surface area contributed by atoms with Gasteiger partial charge in [0.05, 0.1) is 10.0 Å². The van der Waals surface area contributed by atoms with Crippen LogP contribution in [-0.2, 0) is 0 Å². The fourth-order valence-electron chi connectivity index (χ4n) is 1.71. The van der Waals surface area contributed by atoms with E-state index < -0.39 is 0 Å². The van der Waals surface area contributed by atoms with Crippen LogP contribution in [0.5, 0.6) is 11.5 Å². The van der Waals surface area contributed by atoms with Gasteiger partial charge < -0.3 is 10.5 Å². The van der Waals surface area contributed by atoms with Crippen molar-refractivity contribution in [1.82, 2.24) is 0 Å². The van der Waals surface area contributed by atoms with Crippen molar-refractivity contribution in [3.63, 3.8) is 0 Å². The molecule has 2 aromatic carbocycles. The van der Waals surface area contributed by atoms with Crippen molar-refractivity contribution in [1.29, 1.82) is 0 Å². The van der Waals surface area contributed by atoms with Gasteiger partial charge in [0.15, 0.2) is 5.75 Å². The van der Waals surface area contributed by atoms with Gasteiger partial charge in [-0.25, -0.2) is 0 Å². The van der Waals surface area contributed by atoms with E-state index in [4.69, 9.17) is 33.7 Å². The SMILES string of the molecule is CSc1ccc(Oc2c(Cl)cc(N)cc2Cl)cc1C. The van der Waals surface area contributed by atoms with Gasteiger partial charge >= 0.3 is 0 Å². The van der Waals surface area contributed by atoms with Gasteiger partial charge in [0.25, 0.3) is 0 Å². The minimum atomic E-state index is 0.400. The summed E-state index contributed by atoms with van der Waals surface area (Å²) in [6, 6.07) is 9.09. The fourth-order valence-corrected chi connectivity index (χ4v) is 2.88. The van der Waals surface area contributed by atoms with Crippen LogP contribution in [-0.4, -0.2) is 6.26 Å². The Hall–Kier alpha value is -1.03. The molecule has 2 aromatic rings. The first-order valence-electron chi connectivity index (χ1n) is 5.58. The zero-order valence-corrected chi connectivity index (χ0v) is 12.9. The molecule has 0 spiro atoms. The van der Waals surface area contributed by atoms with E-state index in [0.717, 1.165) is 5.56 Å². The van der Waals surface area contributed by atoms with Gasteiger partial charge in [-0.1, -0.05) is 23.2 Å². The first-order chi connectivity index (χ1) is 9.01. The second kappa shape index (κ2) is 5.95. The first-order valence-corrected chi connectivity index (χ1v) is 7.56. The summed E-state index contributed by atoms with van der Waals surface area (Å²) in [5.74, 6) is 1.12. The van der Waals surface area contributed by atoms with E-state index in [1.165, 1.54) is 4.90 Å². The summed E-state index contributed by atoms with van der Waals surface area (Å²) in [4.78, 5) is 1.21. The summed E-state index contributed by atoms with van der Waals surface area (Å²) in [5.41, 5.74) is 7.31. The minimum absolute atomic E-state index is 0.400. The number of rotatable bonds is 3. The highest BCUT2D eigenvalue weighted by Crippen LogP contribution is 2.38. The largest absolute Gasteiger partial charge is 0.454 e. The maximum atomic E-state index is 6.09. The summed E-state index contributed by atoms with van der Waals surface area (Å²) < 4.78 is 5.75. The first kappa shape index (κ1) is 14.4. The monoisotopic (exact) mass is 313 g/mol. The number of ether oxygens (including phenoxy) is 1. The predicted octanol–water partition coefficient (Wildman–Crippen LogP) is 5.40. The summed E-state index contributed by atoms with van der Waals surface area (Å²) in [7, 11) is 0. The molecule has 0 radical (unpaired) electrons. The predicted molar refractivity (Wildman–Crippen MR) is 83.9 cm³/mol. The number of halogens is 2. The van der Waals surface area contributed by atoms with Gasteiger partial charge in [-0.3, -0.25) is 0 Å². The number of nitrogen functional groups attached to an aromatic ring is 1. The van der Waals surface area contributed by atoms with Gasteiger partial charge in [0.2, 0.25) is 0 Å². The number of nitrogens with two attached hydrogens (primary N) is 1. The van der Waals surface area contributed by atoms with E-state index in [-0.39, 0.29) is 0 Å². The third-order valence-electron chi connectivity index (χ3n) is 2.61. The van der Waals surface area contributed by atoms with Crippen LogP contribution in [0.4, 0.5) is 5.69 Å². The Morgan fingerprint density at radius 2 is 1.74 bits per heavy atom. The standard InChI is InChI=1S/C14H13Cl2NOS/c1-8-5-10(3-4-13(8)19-2)18-14-11(15)6-9(17)7-12(14)16/h3-7H,17H2,1-2H3. The molecule has 19 heavy (non-hydrogen) atoms. The van der Waals surface area contributed by atoms with E-state index in [9.17, 15) is 0 Å². The second-order valence-corrected chi connectivity index (χ2v) is 5.71. The van der Waals surface area contributed by atoms with Gasteiger partial charge in [0, 0.05) is 10.6 Å². The van der Waals surface area contributed by atoms with Crippen molar-refractivity contribution >= 4 is 40.7 Å². The fraction of sp³-hybridized carbons (Fsp3) is 0.143. The Morgan fingerprint density at radius 1 is 1.11 bits per heavy atom. The molecular formula is C14H13Cl2NOS. The van der Waals surface area contributed by atoms with Gasteiger partial charge in [-0.05, 0) is 49.1 Å². The minimum Gasteiger partial charge on any atom is -0.454 e. The highest BCUT2D eigenvalue weighted by molar-refractivity contribution is 7.98. The molecular weight excluding hydrogens is 301 g/mol. The molecule has 0 atom stereocenters. The Bertz CT molecular complexity index is 593. The highest BCUT2D eigenvalue weighted by atomic mass is 35.5. The van der Waals surface area contributed by atoms with E-state index in [1.54, 1.807) is 23.9 Å². The molecule has 2 nitrogen and oxygen atoms in total. The Kier molecular flexibility index (Phi) is 4.50. The molecule has 0 heterocycles. The summed E-state index contributed by atoms with van der Waals surface area (Å²) in [6.07, 6.45) is 2.04. The van der Waals surface area contributed by atoms with Crippen LogP contribution in [0.3, 0.4) is 0 Å². The van der Waals surface area contributed by atoms with Crippen molar-refractivity contribution in [3.05, 3.63) is 45.9 Å². The molecule has 0 saturated carbocycles. The maximum Gasteiger partial charge on any atom is 0.164 e. The average Bonchev–Trinajstić information content (AvgIpc) is 2.34. The number of hydrogen-bond acceptors (Lipinski definition) is 3. The van der Waals surface area contributed by atoms with Crippen molar-refractivity contribution < 1.29 is 4.74 Å². The van der Waals surface area contributed by atoms with Crippen LogP contribution in [0.2, 0.25) is 10.0 Å². The molecule has 0 saturated heterocycles. The lowest BCUT2D eigenvalue weighted by Gasteiger charge is -2.12. The number of hydrogen-bond donors (Lipinski definition) is 1. The Labute approximate surface area is 126 Å². The van der Waals surface area contributed by atoms with Crippen LogP contribution >= 0.6 is 35.0 Å². The zero-order valence-electron chi connectivity index (χ0n) is 10.5. The topological polar surface area (TPSA) is 35.2 Å². The molecule has 0 unspecified atom stereocenters. The molecule has 2 N–H and O–H groups in total. The van der Waals surface area contributed by atoms with E-state index in [2.05, 4.69) is 0 Å². The molecule has 100 valence electrons. The Morgan fingerprint density at radius 3 is 2.26 bits per heavy atom. The van der Waals surface area contributed by atoms with Crippen LogP contribution in [0, 0.1) is 6.92 Å². The van der Waals surface area contributed by atoms with Crippen LogP contribution in [0.25, 0.3) is 0 Å². The molecule has 0 aliphatic rings. The lowest BCUT2D eigenvalue weighted by molar-refractivity contribution is 0.482. The third-order valence-corrected chi connectivity index (χ3v) is 4.07. The lowest BCUT2D eigenvalue weighted by atomic mass is 10.2. The number of aryl methyl sites for hydroxylation is 1. The molecule has 5 heteroatoms. The highest BCUT2D eigenvalue weighted by Gasteiger charge is 2.10. The summed E-state index contributed by atoms with van der Waals surface area (Å²) in [6.45, 7) is 2.03. The maximum absolute atomic E-state index is 6.09. The van der Waals surface area contributed by atoms with Crippen LogP contribution in [0.15, 0.2) is 35.2 Å². The third kappa shape index (κ3) is 3.30. The van der Waals surface area contributed by atoms with Gasteiger partial charge in [-0.15, -0.1) is 11.8 Å². The van der Waals surface area contributed by atoms with Gasteiger partial charge in [0.1, 0.15) is 5.75 Å². The van der Waals surface area contributed by atoms with Crippen LogP contribution < -0.4 is 10.5 Å². The van der Waals surface area contributed by atoms with E-state index >= 15 is 0 Å². The molecule has 0 aliphatic heterocycles. The van der Waals surface area contributed by atoms with Crippen molar-refractivity contribution in [2.24, 2.45) is 0 Å². The van der Waals surface area contributed by atoms with Crippen LogP contribution in [0.1, 0.15) is 5.56 Å². The number of thioether (sulfide) groups is 1. The zero-order chi connectivity index (χ0) is 14.0. The van der Waals surface area contributed by atoms with Crippen molar-refractivity contribution in [2.45, 2.75) is 11.8 Å². The van der Waals surface area contributed by atoms with Crippen molar-refractivity contribution in [3.8, 4) is 11.5 Å². The molecule has 0 bridgehead atoms. The average molecular weight is 314 g/mol. The molecule has 0 amide bonds. The summed E-state index contributed by atoms with van der Waals surface area (Å²) >= 11 is 13.9. The lowest BCUT2D eigenvalue weighted by Crippen LogP contribution is -1.91. The number of benzene rings is 2. The molecule has 0 fully saturated rings. The van der Waals surface area contributed by atoms with Crippen molar-refractivity contribution in [2.75, 3.05) is 12.0 Å².